The van der Waals surface area contributed by atoms with Gasteiger partial charge in [0, 0.05) is 6.61 Å². The van der Waals surface area contributed by atoms with E-state index < -0.39 is 0 Å². The van der Waals surface area contributed by atoms with Gasteiger partial charge in [0.15, 0.2) is 0 Å². The topological polar surface area (TPSA) is 18.5 Å². The van der Waals surface area contributed by atoms with Crippen LogP contribution in [0.5, 0.6) is 0 Å². The molecule has 0 bridgehead atoms. The Bertz CT molecular complexity index is 857. The molecule has 2 aromatic rings. The number of ether oxygens (including phenoxy) is 2. The second-order valence-corrected chi connectivity index (χ2v) is 7.74. The Labute approximate surface area is 177 Å². The minimum Gasteiger partial charge on any atom is -0.406 e. The molecule has 2 rings (SSSR count). The van der Waals surface area contributed by atoms with Gasteiger partial charge in [-0.25, -0.2) is 0 Å². The van der Waals surface area contributed by atoms with Crippen molar-refractivity contribution < 1.29 is 9.47 Å². The van der Waals surface area contributed by atoms with Gasteiger partial charge in [-0.1, -0.05) is 35.4 Å². The van der Waals surface area contributed by atoms with Crippen molar-refractivity contribution in [3.8, 4) is 0 Å². The van der Waals surface area contributed by atoms with Gasteiger partial charge in [-0.05, 0) is 83.2 Å². The lowest BCUT2D eigenvalue weighted by molar-refractivity contribution is 0.0956. The highest BCUT2D eigenvalue weighted by Crippen LogP contribution is 2.29. The Balaban J connectivity index is 2.43. The molecular formula is C27H35O2+. The molecule has 1 unspecified atom stereocenters. The molecule has 0 saturated carbocycles. The van der Waals surface area contributed by atoms with E-state index in [2.05, 4.69) is 71.9 Å². The lowest BCUT2D eigenvalue weighted by Gasteiger charge is -2.17. The quantitative estimate of drug-likeness (QED) is 0.273. The highest BCUT2D eigenvalue weighted by atomic mass is 16.5. The normalized spacial score (nSPS) is 12.9. The van der Waals surface area contributed by atoms with Gasteiger partial charge < -0.3 is 9.47 Å². The lowest BCUT2D eigenvalue weighted by atomic mass is 9.95. The molecule has 0 aromatic heterocycles. The van der Waals surface area contributed by atoms with Crippen molar-refractivity contribution in [3.63, 3.8) is 0 Å². The standard InChI is InChI=1S/C27H35O2/c1-9-28-24(26-20(5)14-18(3)15-21(26)6)12-11-13-25(29-10-2)27-22(7)16-19(4)17-23(27)8/h12-17,24H,9-10H2,1-8H3/q+1/b25-13-. The van der Waals surface area contributed by atoms with Crippen LogP contribution in [0.4, 0.5) is 0 Å². The SMILES string of the molecule is CCO/C(=C\[C+]=CC(OCC)c1c(C)cc(C)cc1C)c1c(C)cc(C)cc1C. The summed E-state index contributed by atoms with van der Waals surface area (Å²) in [5.41, 5.74) is 9.84. The van der Waals surface area contributed by atoms with Gasteiger partial charge in [0.2, 0.25) is 6.08 Å². The van der Waals surface area contributed by atoms with Gasteiger partial charge >= 0.3 is 0 Å². The van der Waals surface area contributed by atoms with E-state index in [9.17, 15) is 0 Å². The van der Waals surface area contributed by atoms with E-state index in [1.54, 1.807) is 0 Å². The van der Waals surface area contributed by atoms with Gasteiger partial charge in [-0.2, -0.15) is 0 Å². The van der Waals surface area contributed by atoms with Crippen LogP contribution < -0.4 is 0 Å². The van der Waals surface area contributed by atoms with E-state index in [0.29, 0.717) is 13.2 Å². The van der Waals surface area contributed by atoms with Gasteiger partial charge in [-0.3, -0.25) is 0 Å². The molecule has 0 N–H and O–H groups in total. The first-order chi connectivity index (χ1) is 13.8. The molecule has 0 spiro atoms. The average Bonchev–Trinajstić information content (AvgIpc) is 2.60. The summed E-state index contributed by atoms with van der Waals surface area (Å²) < 4.78 is 12.0. The maximum absolute atomic E-state index is 6.05. The maximum Gasteiger partial charge on any atom is 0.272 e. The van der Waals surface area contributed by atoms with Gasteiger partial charge in [0.05, 0.1) is 12.2 Å². The predicted molar refractivity (Wildman–Crippen MR) is 123 cm³/mol. The first-order valence-electron chi connectivity index (χ1n) is 10.5. The number of rotatable bonds is 8. The van der Waals surface area contributed by atoms with Crippen LogP contribution in [-0.2, 0) is 9.47 Å². The van der Waals surface area contributed by atoms with Crippen molar-refractivity contribution in [2.45, 2.75) is 61.5 Å². The highest BCUT2D eigenvalue weighted by molar-refractivity contribution is 5.67. The second-order valence-electron chi connectivity index (χ2n) is 7.74. The van der Waals surface area contributed by atoms with Crippen molar-refractivity contribution in [2.75, 3.05) is 13.2 Å². The summed E-state index contributed by atoms with van der Waals surface area (Å²) in [6, 6.07) is 8.81. The first-order valence-corrected chi connectivity index (χ1v) is 10.5. The third-order valence-corrected chi connectivity index (χ3v) is 5.05. The molecule has 0 saturated heterocycles. The van der Waals surface area contributed by atoms with Gasteiger partial charge in [-0.15, -0.1) is 0 Å². The molecule has 0 aliphatic heterocycles. The van der Waals surface area contributed by atoms with Crippen molar-refractivity contribution in [2.24, 2.45) is 0 Å². The predicted octanol–water partition coefficient (Wildman–Crippen LogP) is 7.05. The van der Waals surface area contributed by atoms with Crippen molar-refractivity contribution in [1.29, 1.82) is 0 Å². The molecule has 154 valence electrons. The van der Waals surface area contributed by atoms with Crippen LogP contribution in [0.15, 0.2) is 36.4 Å². The van der Waals surface area contributed by atoms with Crippen LogP contribution in [0.1, 0.15) is 64.5 Å². The number of hydrogen-bond acceptors (Lipinski definition) is 2. The fourth-order valence-corrected chi connectivity index (χ4v) is 4.16. The number of hydrogen-bond donors (Lipinski definition) is 0. The number of benzene rings is 2. The van der Waals surface area contributed by atoms with Crippen molar-refractivity contribution in [1.82, 2.24) is 0 Å². The third-order valence-electron chi connectivity index (χ3n) is 5.05. The smallest absolute Gasteiger partial charge is 0.272 e. The fraction of sp³-hybridized carbons (Fsp3) is 0.407. The molecule has 2 aromatic carbocycles. The number of aryl methyl sites for hydroxylation is 6. The van der Waals surface area contributed by atoms with E-state index in [1.165, 1.54) is 38.9 Å². The van der Waals surface area contributed by atoms with Crippen molar-refractivity contribution in [3.05, 3.63) is 87.0 Å². The zero-order valence-corrected chi connectivity index (χ0v) is 19.3. The van der Waals surface area contributed by atoms with E-state index in [0.717, 1.165) is 11.3 Å². The first kappa shape index (κ1) is 22.9. The molecule has 1 atom stereocenters. The Morgan fingerprint density at radius 3 is 1.83 bits per heavy atom. The summed E-state index contributed by atoms with van der Waals surface area (Å²) in [5.74, 6) is 0.853. The van der Waals surface area contributed by atoms with E-state index in [1.807, 2.05) is 26.0 Å². The summed E-state index contributed by atoms with van der Waals surface area (Å²) in [4.78, 5) is 0. The largest absolute Gasteiger partial charge is 0.406 e. The molecule has 0 amide bonds. The van der Waals surface area contributed by atoms with E-state index in [4.69, 9.17) is 9.47 Å². The molecule has 0 fully saturated rings. The Morgan fingerprint density at radius 2 is 1.34 bits per heavy atom. The minimum atomic E-state index is -0.125. The van der Waals surface area contributed by atoms with Crippen LogP contribution in [0.2, 0.25) is 0 Å². The lowest BCUT2D eigenvalue weighted by Crippen LogP contribution is -2.06. The average molecular weight is 392 g/mol. The van der Waals surface area contributed by atoms with Crippen molar-refractivity contribution >= 4 is 5.76 Å². The molecule has 2 nitrogen and oxygen atoms in total. The summed E-state index contributed by atoms with van der Waals surface area (Å²) in [6.45, 7) is 18.1. The monoisotopic (exact) mass is 391 g/mol. The Hall–Kier alpha value is -2.41. The summed E-state index contributed by atoms with van der Waals surface area (Å²) in [7, 11) is 0. The molecular weight excluding hydrogens is 356 g/mol. The molecule has 0 aliphatic carbocycles. The van der Waals surface area contributed by atoms with Crippen LogP contribution in [0.3, 0.4) is 0 Å². The Morgan fingerprint density at radius 1 is 0.828 bits per heavy atom. The summed E-state index contributed by atoms with van der Waals surface area (Å²) >= 11 is 0. The van der Waals surface area contributed by atoms with Crippen LogP contribution >= 0.6 is 0 Å². The van der Waals surface area contributed by atoms with Crippen LogP contribution in [-0.4, -0.2) is 13.2 Å². The zero-order chi connectivity index (χ0) is 21.6. The fourth-order valence-electron chi connectivity index (χ4n) is 4.16. The molecule has 29 heavy (non-hydrogen) atoms. The van der Waals surface area contributed by atoms with Crippen LogP contribution in [0.25, 0.3) is 5.76 Å². The minimum absolute atomic E-state index is 0.125. The van der Waals surface area contributed by atoms with Crippen LogP contribution in [0, 0.1) is 47.6 Å². The highest BCUT2D eigenvalue weighted by Gasteiger charge is 2.19. The maximum atomic E-state index is 6.05. The third kappa shape index (κ3) is 5.79. The van der Waals surface area contributed by atoms with E-state index >= 15 is 0 Å². The molecule has 0 heterocycles. The second kappa shape index (κ2) is 10.4. The van der Waals surface area contributed by atoms with Gasteiger partial charge in [0.1, 0.15) is 18.3 Å². The molecule has 2 heteroatoms. The summed E-state index contributed by atoms with van der Waals surface area (Å²) in [5, 5.41) is 0. The number of allylic oxidation sites excluding steroid dienone is 2. The van der Waals surface area contributed by atoms with Gasteiger partial charge in [0.25, 0.3) is 5.76 Å². The molecule has 0 radical (unpaired) electrons. The zero-order valence-electron chi connectivity index (χ0n) is 19.3. The van der Waals surface area contributed by atoms with E-state index in [-0.39, 0.29) is 6.10 Å². The summed E-state index contributed by atoms with van der Waals surface area (Å²) in [6.07, 6.45) is 7.18. The molecule has 0 aliphatic rings. The Kier molecular flexibility index (Phi) is 8.20.